The molecule has 14 atom stereocenters. The number of carboxylic acids is 1. The normalized spacial score (nSPS) is 27.8. The van der Waals surface area contributed by atoms with Crippen molar-refractivity contribution in [3.05, 3.63) is 110 Å². The summed E-state index contributed by atoms with van der Waals surface area (Å²) in [6.07, 6.45) is -3.54. The number of likely N-dealkylation sites (N-methyl/N-ethyl adjacent to an activating group) is 1. The van der Waals surface area contributed by atoms with Gasteiger partial charge in [0.1, 0.15) is 41.4 Å². The molecule has 488 valence electrons. The van der Waals surface area contributed by atoms with Crippen molar-refractivity contribution in [3.8, 4) is 11.5 Å². The maximum absolute atomic E-state index is 13.9. The van der Waals surface area contributed by atoms with Gasteiger partial charge in [0.05, 0.1) is 72.8 Å². The van der Waals surface area contributed by atoms with E-state index in [1.807, 2.05) is 39.8 Å². The van der Waals surface area contributed by atoms with E-state index in [1.54, 1.807) is 26.1 Å². The van der Waals surface area contributed by atoms with Crippen molar-refractivity contribution in [2.75, 3.05) is 39.3 Å². The molecule has 5 aliphatic rings. The second-order valence-corrected chi connectivity index (χ2v) is 23.5. The molecule has 2 aromatic heterocycles. The van der Waals surface area contributed by atoms with Crippen LogP contribution < -0.4 is 21.9 Å². The van der Waals surface area contributed by atoms with Crippen LogP contribution in [-0.4, -0.2) is 193 Å². The van der Waals surface area contributed by atoms with Gasteiger partial charge in [0.25, 0.3) is 11.5 Å². The standard InChI is InChI=1S/C43H56N2O14.C20H21N7O5/c1-9-43(52)18-29(34-23(36(43)42(51)53-8)15-24-35(39(34)50)38(49)33-22(37(24)48)11-10-12-27(33)46)57-31-16-26(45(6)7)40(20(3)55-31)59-32-17-28(47)41(21(4)56-32)58-30-14-13-25(44-5)19(2)54-30;1-10(28)2-7-14(19(31)32)25-17(29)11-3-5-12(6-4-11)22-8-13-9-23-16-15(24-13)18(30)27-20(21)26-16/h10-12,15,19-21,26,28-32,36,40-41,46-47,50,52H,9,13-14,16-18H2,1-8H3;3-6,9,14,22H,2,7-8H2,1H3,(H,25,29)(H,31,32)(H3,21,23,26,27,30)/t19?,20?,21?,26-,28-,29+,30+,31+,32+,36+,40-,41-,43-;14-/m10/s1. The molecule has 28 nitrogen and oxygen atoms in total. The Morgan fingerprint density at radius 2 is 1.60 bits per heavy atom. The molecule has 0 saturated carbocycles. The minimum atomic E-state index is -1.75. The molecule has 3 aliphatic heterocycles. The van der Waals surface area contributed by atoms with E-state index in [4.69, 9.17) is 38.9 Å². The number of esters is 1. The number of phenolic OH excluding ortho intramolecular Hbond substituents is 2. The van der Waals surface area contributed by atoms with Crippen molar-refractivity contribution in [2.45, 2.75) is 178 Å². The van der Waals surface area contributed by atoms with Crippen LogP contribution in [0.3, 0.4) is 0 Å². The number of aromatic hydroxyl groups is 2. The number of nitrogens with zero attached hydrogens (tertiary/aromatic N) is 5. The second kappa shape index (κ2) is 28.1. The number of amides is 1. The van der Waals surface area contributed by atoms with Gasteiger partial charge in [-0.15, -0.1) is 0 Å². The predicted octanol–water partition coefficient (Wildman–Crippen LogP) is 4.12. The highest BCUT2D eigenvalue weighted by molar-refractivity contribution is 6.30. The van der Waals surface area contributed by atoms with Crippen LogP contribution in [0.25, 0.3) is 11.2 Å². The smallest absolute Gasteiger partial charge is 0.326 e. The van der Waals surface area contributed by atoms with Crippen molar-refractivity contribution in [2.24, 2.45) is 4.99 Å². The summed E-state index contributed by atoms with van der Waals surface area (Å²) in [6.45, 7) is 8.90. The fourth-order valence-corrected chi connectivity index (χ4v) is 12.4. The number of aliphatic imine (C=N–C) groups is 1. The number of fused-ring (bicyclic) bond motifs is 4. The quantitative estimate of drug-likeness (QED) is 0.0546. The lowest BCUT2D eigenvalue weighted by Crippen LogP contribution is -2.58. The first kappa shape index (κ1) is 67.2. The highest BCUT2D eigenvalue weighted by Crippen LogP contribution is 2.54. The van der Waals surface area contributed by atoms with Gasteiger partial charge in [0.2, 0.25) is 11.7 Å². The zero-order valence-electron chi connectivity index (χ0n) is 51.8. The molecule has 2 aliphatic carbocycles. The van der Waals surface area contributed by atoms with Gasteiger partial charge in [0.15, 0.2) is 35.8 Å². The molecular formula is C63H77N9O19. The molecule has 5 heterocycles. The van der Waals surface area contributed by atoms with E-state index >= 15 is 0 Å². The molecule has 3 fully saturated rings. The molecule has 5 aromatic rings. The summed E-state index contributed by atoms with van der Waals surface area (Å²) < 4.78 is 43.3. The van der Waals surface area contributed by atoms with E-state index in [9.17, 15) is 59.1 Å². The molecule has 91 heavy (non-hydrogen) atoms. The van der Waals surface area contributed by atoms with Crippen LogP contribution in [0.1, 0.15) is 157 Å². The van der Waals surface area contributed by atoms with E-state index < -0.39 is 120 Å². The largest absolute Gasteiger partial charge is 0.507 e. The fourth-order valence-electron chi connectivity index (χ4n) is 12.4. The Morgan fingerprint density at radius 3 is 2.24 bits per heavy atom. The van der Waals surface area contributed by atoms with Crippen molar-refractivity contribution in [1.82, 2.24) is 30.2 Å². The monoisotopic (exact) mass is 1260 g/mol. The Balaban J connectivity index is 0.000000258. The van der Waals surface area contributed by atoms with Crippen molar-refractivity contribution >= 4 is 63.7 Å². The zero-order chi connectivity index (χ0) is 65.9. The molecule has 3 unspecified atom stereocenters. The topological polar surface area (TPSA) is 405 Å². The average Bonchev–Trinajstić information content (AvgIpc) is 0.713. The number of carbonyl (C=O) groups is 6. The van der Waals surface area contributed by atoms with Crippen LogP contribution in [0.5, 0.6) is 11.5 Å². The van der Waals surface area contributed by atoms with Crippen LogP contribution in [0.4, 0.5) is 11.6 Å². The third-order valence-corrected chi connectivity index (χ3v) is 17.2. The molecule has 1 amide bonds. The highest BCUT2D eigenvalue weighted by atomic mass is 16.7. The first-order chi connectivity index (χ1) is 43.2. The van der Waals surface area contributed by atoms with Gasteiger partial charge in [-0.3, -0.25) is 33.9 Å². The third kappa shape index (κ3) is 14.5. The number of Topliss-reactive ketones (excluding diaryl/α,β-unsaturated/α-hetero) is 1. The fraction of sp³-hybridized carbons (Fsp3) is 0.508. The second-order valence-electron chi connectivity index (χ2n) is 23.5. The number of carbonyl (C=O) groups excluding carboxylic acids is 5. The molecule has 10 N–H and O–H groups in total. The zero-order valence-corrected chi connectivity index (χ0v) is 51.8. The average molecular weight is 1260 g/mol. The number of benzene rings is 3. The summed E-state index contributed by atoms with van der Waals surface area (Å²) in [5.74, 6) is -6.50. The molecule has 0 radical (unpaired) electrons. The van der Waals surface area contributed by atoms with Crippen LogP contribution in [0, 0.1) is 0 Å². The number of aliphatic hydroxyl groups excluding tert-OH is 1. The molecule has 3 aromatic carbocycles. The number of methoxy groups -OCH3 is 1. The van der Waals surface area contributed by atoms with E-state index in [2.05, 4.69) is 35.6 Å². The van der Waals surface area contributed by atoms with Gasteiger partial charge in [-0.2, -0.15) is 4.98 Å². The molecule has 28 heteroatoms. The number of nitrogens with two attached hydrogens (primary N) is 1. The number of phenols is 2. The predicted molar refractivity (Wildman–Crippen MR) is 325 cm³/mol. The van der Waals surface area contributed by atoms with Crippen molar-refractivity contribution < 1.29 is 87.5 Å². The highest BCUT2D eigenvalue weighted by Gasteiger charge is 2.54. The number of aromatic nitrogens is 4. The maximum Gasteiger partial charge on any atom is 0.326 e. The first-order valence-electron chi connectivity index (χ1n) is 30.0. The van der Waals surface area contributed by atoms with E-state index in [1.165, 1.54) is 56.6 Å². The molecule has 3 saturated heterocycles. The van der Waals surface area contributed by atoms with Crippen molar-refractivity contribution in [1.29, 1.82) is 0 Å². The van der Waals surface area contributed by atoms with Crippen LogP contribution in [-0.2, 0) is 54.1 Å². The molecule has 0 spiro atoms. The number of hydrogen-bond donors (Lipinski definition) is 9. The summed E-state index contributed by atoms with van der Waals surface area (Å²) in [6, 6.07) is 10.4. The molecule has 10 rings (SSSR count). The minimum Gasteiger partial charge on any atom is -0.507 e. The number of aliphatic hydroxyl groups is 2. The van der Waals surface area contributed by atoms with E-state index in [0.717, 1.165) is 12.1 Å². The van der Waals surface area contributed by atoms with Gasteiger partial charge in [-0.1, -0.05) is 19.1 Å². The van der Waals surface area contributed by atoms with Crippen molar-refractivity contribution in [3.63, 3.8) is 0 Å². The Hall–Kier alpha value is -8.19. The number of H-pyrrole nitrogens is 1. The number of carboxylic acid groups (broad SMARTS) is 1. The van der Waals surface area contributed by atoms with Crippen LogP contribution in [0.2, 0.25) is 0 Å². The summed E-state index contributed by atoms with van der Waals surface area (Å²) in [5.41, 5.74) is 5.18. The van der Waals surface area contributed by atoms with Gasteiger partial charge in [-0.05, 0) is 103 Å². The van der Waals surface area contributed by atoms with Crippen LogP contribution in [0.15, 0.2) is 64.5 Å². The van der Waals surface area contributed by atoms with Crippen LogP contribution >= 0.6 is 0 Å². The number of aromatic amines is 1. The van der Waals surface area contributed by atoms with Gasteiger partial charge < -0.3 is 84.8 Å². The number of aliphatic carboxylic acids is 1. The lowest BCUT2D eigenvalue weighted by molar-refractivity contribution is -0.324. The SMILES string of the molecule is CC(=O)CC[C@H](NC(=O)c1ccc(NCc2cnc3nc(N)[nH]c(=O)c3n2)cc1)C(=O)O.CC[C@@]1(O)C[C@H](O[C@H]2C[C@@H](N(C)C)[C@H](O[C@H]3C[C@@H](O)[C@H](O[C@H]4CCC(=NC)C(C)O4)C(C)O3)C(C)O2)c2c(cc3c(c2O)C(=O)c2c(O)cccc2C3=O)[C@H]1C(=O)OC. The lowest BCUT2D eigenvalue weighted by atomic mass is 9.67. The summed E-state index contributed by atoms with van der Waals surface area (Å²) in [4.78, 5) is 109. The number of nitrogen functional groups attached to an aromatic ring is 1. The Morgan fingerprint density at radius 1 is 0.912 bits per heavy atom. The summed E-state index contributed by atoms with van der Waals surface area (Å²) >= 11 is 0. The Bertz CT molecular complexity index is 3660. The number of ether oxygens (including phenoxy) is 7. The third-order valence-electron chi connectivity index (χ3n) is 17.2. The molecular weight excluding hydrogens is 1190 g/mol. The lowest BCUT2D eigenvalue weighted by Gasteiger charge is -2.48. The van der Waals surface area contributed by atoms with Gasteiger partial charge >= 0.3 is 11.9 Å². The number of ketones is 3. The Labute approximate surface area is 522 Å². The minimum absolute atomic E-state index is 0.0216. The summed E-state index contributed by atoms with van der Waals surface area (Å²) in [7, 11) is 6.70. The summed E-state index contributed by atoms with van der Waals surface area (Å²) in [5, 5.41) is 60.7. The van der Waals surface area contributed by atoms with Gasteiger partial charge in [0, 0.05) is 78.8 Å². The number of hydrogen-bond acceptors (Lipinski definition) is 25. The van der Waals surface area contributed by atoms with Gasteiger partial charge in [-0.25, -0.2) is 14.8 Å². The number of rotatable bonds is 18. The number of anilines is 2. The molecule has 0 bridgehead atoms. The first-order valence-corrected chi connectivity index (χ1v) is 30.0. The Kier molecular flexibility index (Phi) is 20.8. The maximum atomic E-state index is 13.9. The number of nitrogens with one attached hydrogen (secondary N) is 3. The van der Waals surface area contributed by atoms with E-state index in [-0.39, 0.29) is 119 Å². The van der Waals surface area contributed by atoms with E-state index in [0.29, 0.717) is 17.8 Å².